The van der Waals surface area contributed by atoms with Crippen LogP contribution in [-0.2, 0) is 27.1 Å². The molecule has 127 heavy (non-hydrogen) atoms. The number of amides is 2. The van der Waals surface area contributed by atoms with E-state index in [1.54, 1.807) is 83.1 Å². The van der Waals surface area contributed by atoms with Crippen molar-refractivity contribution in [3.63, 3.8) is 0 Å². The van der Waals surface area contributed by atoms with Crippen LogP contribution in [-0.4, -0.2) is 253 Å². The Morgan fingerprint density at radius 1 is 0.504 bits per heavy atom. The highest BCUT2D eigenvalue weighted by Gasteiger charge is 2.37. The van der Waals surface area contributed by atoms with Gasteiger partial charge in [-0.05, 0) is 232 Å². The molecule has 2 saturated heterocycles. The van der Waals surface area contributed by atoms with E-state index in [0.717, 1.165) is 216 Å². The number of aryl methyl sites for hydroxylation is 1. The third-order valence-electron chi connectivity index (χ3n) is 27.6. The van der Waals surface area contributed by atoms with Crippen molar-refractivity contribution in [2.45, 2.75) is 227 Å². The Hall–Kier alpha value is -9.47. The number of nitriles is 1. The number of nitrogens with two attached hydrogens (primary N) is 2. The molecule has 7 fully saturated rings. The lowest BCUT2D eigenvalue weighted by molar-refractivity contribution is -0.126. The third kappa shape index (κ3) is 21.0. The summed E-state index contributed by atoms with van der Waals surface area (Å²) in [5.41, 5.74) is 15.0. The molecule has 9 N–H and O–H groups in total. The number of thiophene rings is 4. The lowest BCUT2D eigenvalue weighted by Gasteiger charge is -2.39. The number of carbonyl (C=O) groups excluding carboxylic acids is 2. The summed E-state index contributed by atoms with van der Waals surface area (Å²) in [5.74, 6) is 3.34. The number of anilines is 4. The van der Waals surface area contributed by atoms with E-state index in [1.807, 2.05) is 18.2 Å². The first kappa shape index (κ1) is 89.5. The van der Waals surface area contributed by atoms with Gasteiger partial charge >= 0.3 is 0 Å². The van der Waals surface area contributed by atoms with Gasteiger partial charge in [-0.2, -0.15) is 5.26 Å². The second-order valence-corrected chi connectivity index (χ2v) is 40.3. The standard InChI is InChI=1S/C22H30N4O4S.C20H24N4OS.C19H23N5OS.C18H22N4S.C16H21N5/c23-20(28)16(27)11-13-1-6-17-18(13)19-21(24-12-25-22(19)31-17)30-15-4-2-14(3-5-15)26-7-9-29-10-8-26;1-2-4-17-16(3-1)18-19(21-13-22-20(18)26-17)23-14-5-7-15(8-6-14)24-9-11-25-12-10-24;1-24(2)13-6-4-12(5-7-13)23-18-16-14-9-11(17(20)25)3-8-15(14)26-19(16)22-10-21-18;1-22(2)13-9-7-12(8-10-13)21-17-16-14-5-3-4-6-15(14)23-18(16)20-11-19-17;1-21(2)13-6-4-12(5-7-13)20-16-15-11(9-17)3-8-14(15)18-10-19-16/h12-16,27H,1-11H2,(H2,23,28);1-4,13-15H,5-12H2,(H,21,22,23);3,8-10,12-13H,4-7H2,1-2H3,(H2,20,25)(H,21,22,23);3-6,11-13H,7-10H2,1-2H3,(H,19,20,21);3,10,12-13H,4-8H2,1-2H3,(H,18,19,20)/t13-,14?,15?,16+;;;;/m1..../s1. The van der Waals surface area contributed by atoms with Gasteiger partial charge in [-0.1, -0.05) is 42.5 Å². The zero-order valence-electron chi connectivity index (χ0n) is 73.8. The zero-order valence-corrected chi connectivity index (χ0v) is 77.1. The highest BCUT2D eigenvalue weighted by molar-refractivity contribution is 7.26. The molecule has 28 nitrogen and oxygen atoms in total. The number of aliphatic hydroxyl groups is 1. The second kappa shape index (κ2) is 41.5. The first-order valence-electron chi connectivity index (χ1n) is 45.7. The molecular weight excluding hydrogens is 1670 g/mol. The molecule has 2 amide bonds. The number of nitrogens with one attached hydrogen (secondary N) is 4. The number of nitrogens with zero attached hydrogens (tertiary/aromatic N) is 16. The van der Waals surface area contributed by atoms with Crippen LogP contribution in [0, 0.1) is 11.3 Å². The van der Waals surface area contributed by atoms with Crippen LogP contribution in [0.2, 0.25) is 0 Å². The number of aromatic nitrogens is 10. The van der Waals surface area contributed by atoms with Crippen LogP contribution in [0.15, 0.2) is 104 Å². The number of aliphatic hydroxyl groups excluding tert-OH is 1. The number of carbonyl (C=O) groups is 2. The largest absolute Gasteiger partial charge is 0.474 e. The van der Waals surface area contributed by atoms with Crippen molar-refractivity contribution >= 4 is 157 Å². The van der Waals surface area contributed by atoms with Crippen LogP contribution in [0.25, 0.3) is 76.7 Å². The number of hydrogen-bond donors (Lipinski definition) is 7. The van der Waals surface area contributed by atoms with E-state index >= 15 is 0 Å². The maximum atomic E-state index is 11.6. The Morgan fingerprint density at radius 3 is 1.39 bits per heavy atom. The van der Waals surface area contributed by atoms with Crippen LogP contribution in [0.3, 0.4) is 0 Å². The number of allylic oxidation sites excluding steroid dienone is 2. The average Bonchev–Trinajstić information content (AvgIpc) is 1.60. The Morgan fingerprint density at radius 2 is 0.921 bits per heavy atom. The van der Waals surface area contributed by atoms with E-state index in [9.17, 15) is 20.0 Å². The summed E-state index contributed by atoms with van der Waals surface area (Å²) < 4.78 is 21.1. The molecule has 21 rings (SSSR count). The topological polar surface area (TPSA) is 351 Å². The minimum Gasteiger partial charge on any atom is -0.474 e. The summed E-state index contributed by atoms with van der Waals surface area (Å²) in [4.78, 5) is 85.1. The average molecular weight is 1790 g/mol. The molecule has 2 aliphatic heterocycles. The molecule has 7 aliphatic carbocycles. The van der Waals surface area contributed by atoms with Gasteiger partial charge in [-0.25, -0.2) is 49.8 Å². The molecular formula is C95H120N22O6S4. The van der Waals surface area contributed by atoms with Crippen molar-refractivity contribution < 1.29 is 28.9 Å². The van der Waals surface area contributed by atoms with Gasteiger partial charge in [0.05, 0.1) is 70.9 Å². The summed E-state index contributed by atoms with van der Waals surface area (Å²) in [7, 11) is 13.0. The van der Waals surface area contributed by atoms with Gasteiger partial charge in [0, 0.05) is 128 Å². The van der Waals surface area contributed by atoms with Gasteiger partial charge < -0.3 is 66.8 Å². The lowest BCUT2D eigenvalue weighted by atomic mass is 9.90. The van der Waals surface area contributed by atoms with Crippen molar-refractivity contribution in [3.05, 3.63) is 132 Å². The van der Waals surface area contributed by atoms with Crippen molar-refractivity contribution in [2.75, 3.05) is 116 Å². The Bertz CT molecular complexity index is 5840. The first-order chi connectivity index (χ1) is 61.9. The van der Waals surface area contributed by atoms with Crippen molar-refractivity contribution in [1.29, 1.82) is 5.26 Å². The molecule has 0 radical (unpaired) electrons. The molecule has 3 aromatic carbocycles. The van der Waals surface area contributed by atoms with Crippen LogP contribution >= 0.6 is 45.3 Å². The zero-order chi connectivity index (χ0) is 87.6. The summed E-state index contributed by atoms with van der Waals surface area (Å²) >= 11 is 6.78. The third-order valence-corrected chi connectivity index (χ3v) is 32.0. The molecule has 670 valence electrons. The highest BCUT2D eigenvalue weighted by Crippen LogP contribution is 2.49. The second-order valence-electron chi connectivity index (χ2n) is 36.1. The van der Waals surface area contributed by atoms with Gasteiger partial charge in [0.2, 0.25) is 17.7 Å². The van der Waals surface area contributed by atoms with E-state index in [4.69, 9.17) is 25.7 Å². The Kier molecular flexibility index (Phi) is 29.3. The maximum Gasteiger partial charge on any atom is 0.248 e. The number of primary amides is 2. The summed E-state index contributed by atoms with van der Waals surface area (Å²) in [5, 5.41) is 41.7. The number of morpholine rings is 2. The van der Waals surface area contributed by atoms with Crippen LogP contribution in [0.5, 0.6) is 5.88 Å². The fraction of sp³-hybridized carbons (Fsp3) is 0.526. The smallest absolute Gasteiger partial charge is 0.248 e. The van der Waals surface area contributed by atoms with Gasteiger partial charge in [-0.3, -0.25) is 19.4 Å². The molecule has 12 aromatic rings. The molecule has 0 bridgehead atoms. The summed E-state index contributed by atoms with van der Waals surface area (Å²) in [6.07, 6.45) is 35.5. The summed E-state index contributed by atoms with van der Waals surface area (Å²) in [6.45, 7) is 7.70. The van der Waals surface area contributed by atoms with Crippen LogP contribution in [0.1, 0.15) is 179 Å². The van der Waals surface area contributed by atoms with Gasteiger partial charge in [-0.15, -0.1) is 45.3 Å². The quantitative estimate of drug-likeness (QED) is 0.0395. The number of hydrogen-bond acceptors (Lipinski definition) is 30. The van der Waals surface area contributed by atoms with Crippen molar-refractivity contribution in [1.82, 2.24) is 74.3 Å². The highest BCUT2D eigenvalue weighted by atomic mass is 32.1. The molecule has 9 aromatic heterocycles. The monoisotopic (exact) mass is 1790 g/mol. The SMILES string of the molecule is CN(C)C1CCC(Nc2ncnc3c2C(C#N)=CC3)CC1.CN(C)C1CCC(Nc2ncnc3sc4ccc(C(N)=O)cc4c23)CC1.CN(C)C1CCC(Nc2ncnc3sc4ccccc4c23)CC1.NC(=O)[C@@H](O)C[C@H]1CCc2sc3ncnc(OC4CCC(N5CCOCC5)CC4)c3c21.c1ccc2c(c1)sc1ncnc(NC3CCC(N4CCOCC4)CC3)c12. The number of ether oxygens (including phenoxy) is 3. The van der Waals surface area contributed by atoms with E-state index in [1.165, 1.54) is 113 Å². The minimum absolute atomic E-state index is 0.0802. The van der Waals surface area contributed by atoms with Crippen molar-refractivity contribution in [2.24, 2.45) is 11.5 Å². The predicted octanol–water partition coefficient (Wildman–Crippen LogP) is 15.5. The fourth-order valence-electron chi connectivity index (χ4n) is 20.5. The molecule has 2 atom stereocenters. The fourth-order valence-corrected chi connectivity index (χ4v) is 24.8. The van der Waals surface area contributed by atoms with E-state index in [2.05, 4.69) is 192 Å². The molecule has 0 unspecified atom stereocenters. The minimum atomic E-state index is -1.13. The summed E-state index contributed by atoms with van der Waals surface area (Å²) in [6, 6.07) is 30.2. The Balaban J connectivity index is 0.000000112. The van der Waals surface area contributed by atoms with Gasteiger partial charge in [0.25, 0.3) is 0 Å². The molecule has 0 spiro atoms. The van der Waals surface area contributed by atoms with E-state index < -0.39 is 17.9 Å². The van der Waals surface area contributed by atoms with Crippen molar-refractivity contribution in [3.8, 4) is 11.9 Å². The van der Waals surface area contributed by atoms with Crippen LogP contribution in [0.4, 0.5) is 23.3 Å². The predicted molar refractivity (Wildman–Crippen MR) is 512 cm³/mol. The molecule has 32 heteroatoms. The van der Waals surface area contributed by atoms with Crippen LogP contribution < -0.4 is 37.5 Å². The maximum absolute atomic E-state index is 11.6. The van der Waals surface area contributed by atoms with Gasteiger partial charge in [0.1, 0.15) is 86.4 Å². The van der Waals surface area contributed by atoms with E-state index in [-0.39, 0.29) is 12.0 Å². The first-order valence-corrected chi connectivity index (χ1v) is 48.9. The Labute approximate surface area is 758 Å². The number of rotatable bonds is 19. The molecule has 11 heterocycles. The number of fused-ring (bicyclic) bond motifs is 13. The van der Waals surface area contributed by atoms with E-state index in [0.29, 0.717) is 65.7 Å². The normalized spacial score (nSPS) is 24.2. The lowest BCUT2D eigenvalue weighted by Crippen LogP contribution is -2.46. The molecule has 5 saturated carbocycles. The molecule has 9 aliphatic rings. The number of benzene rings is 3. The van der Waals surface area contributed by atoms with Gasteiger partial charge in [0.15, 0.2) is 0 Å².